The third-order valence-corrected chi connectivity index (χ3v) is 3.90. The molecular weight excluding hydrogens is 166 g/mol. The van der Waals surface area contributed by atoms with Gasteiger partial charge in [-0.1, -0.05) is 34.1 Å². The van der Waals surface area contributed by atoms with Crippen LogP contribution in [0.5, 0.6) is 0 Å². The molecule has 0 aromatic carbocycles. The summed E-state index contributed by atoms with van der Waals surface area (Å²) >= 11 is 1.82. The lowest BCUT2D eigenvalue weighted by atomic mass is 10.1. The second kappa shape index (κ2) is 6.37. The summed E-state index contributed by atoms with van der Waals surface area (Å²) in [4.78, 5) is 0. The molecule has 0 aromatic rings. The van der Waals surface area contributed by atoms with E-state index in [0.717, 1.165) is 12.8 Å². The van der Waals surface area contributed by atoms with E-state index in [0.29, 0.717) is 11.2 Å². The van der Waals surface area contributed by atoms with Crippen molar-refractivity contribution in [3.05, 3.63) is 0 Å². The molecule has 0 aliphatic rings. The summed E-state index contributed by atoms with van der Waals surface area (Å²) in [5.74, 6) is 0.522. The van der Waals surface area contributed by atoms with E-state index in [-0.39, 0.29) is 5.25 Å². The zero-order valence-corrected chi connectivity index (χ0v) is 9.32. The summed E-state index contributed by atoms with van der Waals surface area (Å²) in [6.45, 7) is 8.66. The zero-order chi connectivity index (χ0) is 9.56. The van der Waals surface area contributed by atoms with Crippen molar-refractivity contribution >= 4 is 11.8 Å². The highest BCUT2D eigenvalue weighted by atomic mass is 32.2. The van der Waals surface area contributed by atoms with Crippen molar-refractivity contribution in [2.24, 2.45) is 5.92 Å². The maximum Gasteiger partial charge on any atom is 0.0944 e. The molecule has 3 atom stereocenters. The average molecular weight is 185 g/mol. The van der Waals surface area contributed by atoms with Crippen LogP contribution in [0.4, 0.5) is 0 Å². The Morgan fingerprint density at radius 3 is 2.17 bits per heavy atom. The Labute approximate surface area is 80.5 Å². The Morgan fingerprint density at radius 1 is 1.25 bits per heavy atom. The third kappa shape index (κ3) is 4.01. The second-order valence-corrected chi connectivity index (χ2v) is 4.87. The minimum absolute atomic E-state index is 0.185. The van der Waals surface area contributed by atoms with Gasteiger partial charge in [0, 0.05) is 5.25 Å². The van der Waals surface area contributed by atoms with Gasteiger partial charge in [0.25, 0.3) is 0 Å². The molecule has 3 unspecified atom stereocenters. The topological polar surface area (TPSA) is 23.8 Å². The van der Waals surface area contributed by atoms with Gasteiger partial charge in [-0.2, -0.15) is 5.26 Å². The number of nitrogens with zero attached hydrogens (tertiary/aromatic N) is 1. The largest absolute Gasteiger partial charge is 0.197 e. The first kappa shape index (κ1) is 11.8. The van der Waals surface area contributed by atoms with E-state index in [1.165, 1.54) is 0 Å². The van der Waals surface area contributed by atoms with Crippen molar-refractivity contribution in [3.63, 3.8) is 0 Å². The van der Waals surface area contributed by atoms with E-state index in [1.54, 1.807) is 0 Å². The molecule has 0 heterocycles. The van der Waals surface area contributed by atoms with Crippen LogP contribution in [-0.2, 0) is 0 Å². The Kier molecular flexibility index (Phi) is 6.28. The van der Waals surface area contributed by atoms with E-state index < -0.39 is 0 Å². The predicted molar refractivity (Wildman–Crippen MR) is 56.2 cm³/mol. The second-order valence-electron chi connectivity index (χ2n) is 3.29. The van der Waals surface area contributed by atoms with Gasteiger partial charge in [-0.3, -0.25) is 0 Å². The first-order chi connectivity index (χ1) is 5.65. The van der Waals surface area contributed by atoms with Crippen molar-refractivity contribution in [1.29, 1.82) is 5.26 Å². The van der Waals surface area contributed by atoms with Crippen LogP contribution in [0, 0.1) is 17.2 Å². The summed E-state index contributed by atoms with van der Waals surface area (Å²) < 4.78 is 0. The van der Waals surface area contributed by atoms with Gasteiger partial charge in [-0.05, 0) is 12.3 Å². The molecule has 0 saturated heterocycles. The molecule has 0 rings (SSSR count). The van der Waals surface area contributed by atoms with Crippen LogP contribution in [0.25, 0.3) is 0 Å². The fraction of sp³-hybridized carbons (Fsp3) is 0.900. The molecular formula is C10H19NS. The lowest BCUT2D eigenvalue weighted by Crippen LogP contribution is -2.14. The van der Waals surface area contributed by atoms with Gasteiger partial charge in [0.05, 0.1) is 11.3 Å². The van der Waals surface area contributed by atoms with Gasteiger partial charge in [-0.15, -0.1) is 11.8 Å². The van der Waals surface area contributed by atoms with Crippen LogP contribution in [0.3, 0.4) is 0 Å². The molecule has 0 N–H and O–H groups in total. The van der Waals surface area contributed by atoms with E-state index in [2.05, 4.69) is 33.8 Å². The van der Waals surface area contributed by atoms with Gasteiger partial charge in [0.1, 0.15) is 0 Å². The summed E-state index contributed by atoms with van der Waals surface area (Å²) in [7, 11) is 0. The molecule has 0 aromatic heterocycles. The Hall–Kier alpha value is -0.160. The number of hydrogen-bond acceptors (Lipinski definition) is 2. The molecule has 70 valence electrons. The van der Waals surface area contributed by atoms with Crippen LogP contribution in [0.1, 0.15) is 40.5 Å². The lowest BCUT2D eigenvalue weighted by Gasteiger charge is -2.18. The minimum Gasteiger partial charge on any atom is -0.197 e. The fourth-order valence-electron chi connectivity index (χ4n) is 0.852. The standard InChI is InChI=1S/C10H19NS/c1-5-8(3)10(7-11)12-9(4)6-2/h8-10H,5-6H2,1-4H3. The van der Waals surface area contributed by atoms with E-state index in [9.17, 15) is 0 Å². The van der Waals surface area contributed by atoms with E-state index >= 15 is 0 Å². The van der Waals surface area contributed by atoms with Gasteiger partial charge in [0.2, 0.25) is 0 Å². The third-order valence-electron chi connectivity index (χ3n) is 2.24. The molecule has 0 radical (unpaired) electrons. The van der Waals surface area contributed by atoms with Crippen LogP contribution in [0.2, 0.25) is 0 Å². The molecule has 0 fully saturated rings. The summed E-state index contributed by atoms with van der Waals surface area (Å²) in [5.41, 5.74) is 0. The highest BCUT2D eigenvalue weighted by Gasteiger charge is 2.17. The smallest absolute Gasteiger partial charge is 0.0944 e. The summed E-state index contributed by atoms with van der Waals surface area (Å²) in [5, 5.41) is 9.70. The van der Waals surface area contributed by atoms with Gasteiger partial charge in [-0.25, -0.2) is 0 Å². The number of hydrogen-bond donors (Lipinski definition) is 0. The molecule has 0 aliphatic carbocycles. The van der Waals surface area contributed by atoms with Crippen LogP contribution in [-0.4, -0.2) is 10.5 Å². The zero-order valence-electron chi connectivity index (χ0n) is 8.50. The Balaban J connectivity index is 3.92. The maximum atomic E-state index is 8.90. The molecule has 0 aliphatic heterocycles. The highest BCUT2D eigenvalue weighted by molar-refractivity contribution is 8.00. The molecule has 0 saturated carbocycles. The van der Waals surface area contributed by atoms with E-state index in [1.807, 2.05) is 11.8 Å². The van der Waals surface area contributed by atoms with Crippen LogP contribution in [0.15, 0.2) is 0 Å². The quantitative estimate of drug-likeness (QED) is 0.655. The molecule has 2 heteroatoms. The predicted octanol–water partition coefficient (Wildman–Crippen LogP) is 3.46. The van der Waals surface area contributed by atoms with Crippen molar-refractivity contribution in [3.8, 4) is 6.07 Å². The van der Waals surface area contributed by atoms with Crippen molar-refractivity contribution in [2.75, 3.05) is 0 Å². The maximum absolute atomic E-state index is 8.90. The van der Waals surface area contributed by atoms with Crippen molar-refractivity contribution in [1.82, 2.24) is 0 Å². The SMILES string of the molecule is CCC(C)SC(C#N)C(C)CC. The van der Waals surface area contributed by atoms with Gasteiger partial charge < -0.3 is 0 Å². The number of thioether (sulfide) groups is 1. The lowest BCUT2D eigenvalue weighted by molar-refractivity contribution is 0.587. The van der Waals surface area contributed by atoms with Crippen molar-refractivity contribution < 1.29 is 0 Å². The molecule has 12 heavy (non-hydrogen) atoms. The highest BCUT2D eigenvalue weighted by Crippen LogP contribution is 2.26. The molecule has 0 amide bonds. The van der Waals surface area contributed by atoms with Crippen LogP contribution >= 0.6 is 11.8 Å². The normalized spacial score (nSPS) is 17.9. The number of rotatable bonds is 5. The Morgan fingerprint density at radius 2 is 1.83 bits per heavy atom. The number of nitriles is 1. The van der Waals surface area contributed by atoms with E-state index in [4.69, 9.17) is 5.26 Å². The summed E-state index contributed by atoms with van der Waals surface area (Å²) in [6, 6.07) is 2.38. The minimum atomic E-state index is 0.185. The van der Waals surface area contributed by atoms with Gasteiger partial charge >= 0.3 is 0 Å². The van der Waals surface area contributed by atoms with Gasteiger partial charge in [0.15, 0.2) is 0 Å². The molecule has 1 nitrogen and oxygen atoms in total. The Bertz CT molecular complexity index is 150. The average Bonchev–Trinajstić information content (AvgIpc) is 2.12. The molecule has 0 bridgehead atoms. The molecule has 0 spiro atoms. The first-order valence-corrected chi connectivity index (χ1v) is 5.65. The summed E-state index contributed by atoms with van der Waals surface area (Å²) in [6.07, 6.45) is 2.25. The monoisotopic (exact) mass is 185 g/mol. The van der Waals surface area contributed by atoms with Crippen LogP contribution < -0.4 is 0 Å². The van der Waals surface area contributed by atoms with Crippen molar-refractivity contribution in [2.45, 2.75) is 51.0 Å². The first-order valence-electron chi connectivity index (χ1n) is 4.70. The fourth-order valence-corrected chi connectivity index (χ4v) is 2.07.